The van der Waals surface area contributed by atoms with Gasteiger partial charge in [0.25, 0.3) is 5.91 Å². The van der Waals surface area contributed by atoms with Gasteiger partial charge in [0.15, 0.2) is 6.61 Å². The summed E-state index contributed by atoms with van der Waals surface area (Å²) in [7, 11) is 0. The Kier molecular flexibility index (Phi) is 6.56. The predicted molar refractivity (Wildman–Crippen MR) is 91.5 cm³/mol. The maximum absolute atomic E-state index is 12.3. The van der Waals surface area contributed by atoms with Crippen LogP contribution in [0, 0.1) is 0 Å². The molecule has 2 aromatic rings. The maximum Gasteiger partial charge on any atom is 0.398 e. The van der Waals surface area contributed by atoms with Crippen molar-refractivity contribution in [2.75, 3.05) is 17.7 Å². The maximum atomic E-state index is 12.3. The molecule has 0 unspecified atom stereocenters. The van der Waals surface area contributed by atoms with Crippen LogP contribution in [0.2, 0.25) is 0 Å². The van der Waals surface area contributed by atoms with E-state index in [0.717, 1.165) is 4.47 Å². The molecule has 2 rings (SSSR count). The van der Waals surface area contributed by atoms with Crippen LogP contribution < -0.4 is 10.1 Å². The number of carbonyl (C=O) groups excluding carboxylic acids is 1. The summed E-state index contributed by atoms with van der Waals surface area (Å²) in [6, 6.07) is 13.3. The van der Waals surface area contributed by atoms with Gasteiger partial charge in [0.05, 0.1) is 11.4 Å². The molecule has 128 valence electrons. The minimum absolute atomic E-state index is 0.241. The number of anilines is 1. The van der Waals surface area contributed by atoms with Crippen LogP contribution in [0.1, 0.15) is 0 Å². The Labute approximate surface area is 149 Å². The number of carbonyl (C=O) groups is 1. The summed E-state index contributed by atoms with van der Waals surface area (Å²) < 4.78 is 43.2. The Balaban J connectivity index is 1.94. The molecule has 0 radical (unpaired) electrons. The first-order valence-corrected chi connectivity index (χ1v) is 8.58. The fourth-order valence-electron chi connectivity index (χ4n) is 1.75. The van der Waals surface area contributed by atoms with Crippen LogP contribution in [-0.4, -0.2) is 24.4 Å². The lowest BCUT2D eigenvalue weighted by atomic mass is 10.3. The average Bonchev–Trinajstić information content (AvgIpc) is 2.51. The van der Waals surface area contributed by atoms with Crippen molar-refractivity contribution in [1.82, 2.24) is 0 Å². The molecular formula is C16H13BrF3NO2S. The lowest BCUT2D eigenvalue weighted by molar-refractivity contribution is -0.118. The number of ether oxygens (including phenoxy) is 1. The number of nitrogens with one attached hydrogen (secondary N) is 1. The van der Waals surface area contributed by atoms with Gasteiger partial charge in [-0.25, -0.2) is 0 Å². The van der Waals surface area contributed by atoms with Gasteiger partial charge in [-0.2, -0.15) is 13.2 Å². The molecule has 0 aromatic heterocycles. The van der Waals surface area contributed by atoms with Crippen LogP contribution in [0.4, 0.5) is 18.9 Å². The first kappa shape index (κ1) is 18.7. The minimum Gasteiger partial charge on any atom is -0.484 e. The number of thioether (sulfide) groups is 1. The van der Waals surface area contributed by atoms with Crippen molar-refractivity contribution in [3.8, 4) is 5.75 Å². The van der Waals surface area contributed by atoms with Crippen LogP contribution in [-0.2, 0) is 4.79 Å². The molecule has 0 spiro atoms. The third-order valence-electron chi connectivity index (χ3n) is 2.72. The average molecular weight is 420 g/mol. The van der Waals surface area contributed by atoms with E-state index in [1.807, 2.05) is 6.07 Å². The summed E-state index contributed by atoms with van der Waals surface area (Å²) >= 11 is 3.92. The Hall–Kier alpha value is -1.67. The highest BCUT2D eigenvalue weighted by molar-refractivity contribution is 9.10. The van der Waals surface area contributed by atoms with E-state index >= 15 is 0 Å². The predicted octanol–water partition coefficient (Wildman–Crippen LogP) is 5.12. The number of hydrogen-bond donors (Lipinski definition) is 1. The molecule has 3 nitrogen and oxygen atoms in total. The fourth-order valence-corrected chi connectivity index (χ4v) is 2.89. The molecule has 8 heteroatoms. The second kappa shape index (κ2) is 8.43. The van der Waals surface area contributed by atoms with Crippen molar-refractivity contribution in [2.24, 2.45) is 0 Å². The Bertz CT molecular complexity index is 710. The van der Waals surface area contributed by atoms with Crippen LogP contribution in [0.5, 0.6) is 5.75 Å². The molecule has 0 fully saturated rings. The van der Waals surface area contributed by atoms with E-state index in [4.69, 9.17) is 4.74 Å². The number of para-hydroxylation sites is 1. The number of rotatable bonds is 6. The summed E-state index contributed by atoms with van der Waals surface area (Å²) in [5.41, 5.74) is 0.328. The zero-order valence-corrected chi connectivity index (χ0v) is 14.7. The zero-order valence-electron chi connectivity index (χ0n) is 12.3. The van der Waals surface area contributed by atoms with Gasteiger partial charge in [-0.15, -0.1) is 11.8 Å². The van der Waals surface area contributed by atoms with E-state index in [9.17, 15) is 18.0 Å². The molecule has 0 saturated carbocycles. The highest BCUT2D eigenvalue weighted by Crippen LogP contribution is 2.32. The fraction of sp³-hybridized carbons (Fsp3) is 0.188. The van der Waals surface area contributed by atoms with Gasteiger partial charge in [-0.1, -0.05) is 34.1 Å². The van der Waals surface area contributed by atoms with Gasteiger partial charge in [-0.05, 0) is 30.3 Å². The summed E-state index contributed by atoms with van der Waals surface area (Å²) in [6.07, 6.45) is -4.27. The van der Waals surface area contributed by atoms with Crippen LogP contribution in [0.15, 0.2) is 57.9 Å². The molecule has 0 atom stereocenters. The number of amides is 1. The standard InChI is InChI=1S/C16H13BrF3NO2S/c17-11-4-3-5-12(8-11)23-9-15(22)21-13-6-1-2-7-14(13)24-10-16(18,19)20/h1-8H,9-10H2,(H,21,22). The molecule has 1 N–H and O–H groups in total. The highest BCUT2D eigenvalue weighted by atomic mass is 79.9. The zero-order chi connectivity index (χ0) is 17.6. The van der Waals surface area contributed by atoms with Gasteiger partial charge >= 0.3 is 6.18 Å². The lowest BCUT2D eigenvalue weighted by Crippen LogP contribution is -2.20. The topological polar surface area (TPSA) is 38.3 Å². The third kappa shape index (κ3) is 6.45. The molecule has 0 aliphatic heterocycles. The molecule has 0 aliphatic rings. The van der Waals surface area contributed by atoms with Gasteiger partial charge in [0.2, 0.25) is 0 Å². The van der Waals surface area contributed by atoms with Gasteiger partial charge in [0, 0.05) is 9.37 Å². The number of alkyl halides is 3. The molecule has 0 bridgehead atoms. The van der Waals surface area contributed by atoms with Crippen molar-refractivity contribution < 1.29 is 22.7 Å². The normalized spacial score (nSPS) is 11.2. The number of hydrogen-bond acceptors (Lipinski definition) is 3. The van der Waals surface area contributed by atoms with Gasteiger partial charge < -0.3 is 10.1 Å². The molecule has 0 aliphatic carbocycles. The first-order chi connectivity index (χ1) is 11.3. The molecular weight excluding hydrogens is 407 g/mol. The molecule has 24 heavy (non-hydrogen) atoms. The van der Waals surface area contributed by atoms with E-state index in [2.05, 4.69) is 21.2 Å². The first-order valence-electron chi connectivity index (χ1n) is 6.80. The van der Waals surface area contributed by atoms with Crippen molar-refractivity contribution >= 4 is 39.3 Å². The van der Waals surface area contributed by atoms with Crippen LogP contribution in [0.3, 0.4) is 0 Å². The van der Waals surface area contributed by atoms with E-state index in [1.165, 1.54) is 6.07 Å². The smallest absolute Gasteiger partial charge is 0.398 e. The van der Waals surface area contributed by atoms with E-state index in [-0.39, 0.29) is 6.61 Å². The molecule has 0 saturated heterocycles. The van der Waals surface area contributed by atoms with Crippen LogP contribution >= 0.6 is 27.7 Å². The van der Waals surface area contributed by atoms with E-state index < -0.39 is 17.8 Å². The molecule has 2 aromatic carbocycles. The highest BCUT2D eigenvalue weighted by Gasteiger charge is 2.27. The Morgan fingerprint density at radius 2 is 1.92 bits per heavy atom. The lowest BCUT2D eigenvalue weighted by Gasteiger charge is -2.12. The van der Waals surface area contributed by atoms with Gasteiger partial charge in [-0.3, -0.25) is 4.79 Å². The van der Waals surface area contributed by atoms with Crippen molar-refractivity contribution in [1.29, 1.82) is 0 Å². The van der Waals surface area contributed by atoms with Crippen molar-refractivity contribution in [2.45, 2.75) is 11.1 Å². The monoisotopic (exact) mass is 419 g/mol. The van der Waals surface area contributed by atoms with E-state index in [1.54, 1.807) is 36.4 Å². The van der Waals surface area contributed by atoms with Crippen LogP contribution in [0.25, 0.3) is 0 Å². The molecule has 0 heterocycles. The van der Waals surface area contributed by atoms with E-state index in [0.29, 0.717) is 28.1 Å². The molecule has 1 amide bonds. The second-order valence-corrected chi connectivity index (χ2v) is 6.63. The second-order valence-electron chi connectivity index (χ2n) is 4.69. The Morgan fingerprint density at radius 1 is 1.17 bits per heavy atom. The number of halogens is 4. The Morgan fingerprint density at radius 3 is 2.62 bits per heavy atom. The largest absolute Gasteiger partial charge is 0.484 e. The summed E-state index contributed by atoms with van der Waals surface area (Å²) in [4.78, 5) is 12.3. The number of benzene rings is 2. The quantitative estimate of drug-likeness (QED) is 0.660. The van der Waals surface area contributed by atoms with Gasteiger partial charge in [0.1, 0.15) is 5.75 Å². The third-order valence-corrected chi connectivity index (χ3v) is 4.35. The summed E-state index contributed by atoms with van der Waals surface area (Å²) in [6.45, 7) is -0.241. The SMILES string of the molecule is O=C(COc1cccc(Br)c1)Nc1ccccc1SCC(F)(F)F. The minimum atomic E-state index is -4.27. The van der Waals surface area contributed by atoms with Crippen molar-refractivity contribution in [3.63, 3.8) is 0 Å². The van der Waals surface area contributed by atoms with Crippen molar-refractivity contribution in [3.05, 3.63) is 53.0 Å². The summed E-state index contributed by atoms with van der Waals surface area (Å²) in [5.74, 6) is -0.955. The summed E-state index contributed by atoms with van der Waals surface area (Å²) in [5, 5.41) is 2.57.